The van der Waals surface area contributed by atoms with E-state index in [1.54, 1.807) is 0 Å². The molecule has 19 heavy (non-hydrogen) atoms. The third-order valence-corrected chi connectivity index (χ3v) is 3.98. The molecule has 1 saturated carbocycles. The molecular weight excluding hydrogens is 254 g/mol. The van der Waals surface area contributed by atoms with Crippen LogP contribution in [0.1, 0.15) is 44.2 Å². The number of rotatable bonds is 9. The van der Waals surface area contributed by atoms with Gasteiger partial charge < -0.3 is 10.1 Å². The summed E-state index contributed by atoms with van der Waals surface area (Å²) in [6, 6.07) is 9.08. The van der Waals surface area contributed by atoms with E-state index in [1.165, 1.54) is 37.0 Å². The molecule has 0 amide bonds. The van der Waals surface area contributed by atoms with Crippen LogP contribution in [-0.4, -0.2) is 24.7 Å². The van der Waals surface area contributed by atoms with E-state index >= 15 is 0 Å². The Morgan fingerprint density at radius 1 is 1.42 bits per heavy atom. The summed E-state index contributed by atoms with van der Waals surface area (Å²) in [6.07, 6.45) is 7.43. The van der Waals surface area contributed by atoms with E-state index in [4.69, 9.17) is 4.74 Å². The van der Waals surface area contributed by atoms with Gasteiger partial charge >= 0.3 is 0 Å². The van der Waals surface area contributed by atoms with Crippen molar-refractivity contribution in [3.05, 3.63) is 29.8 Å². The number of ether oxygens (including phenoxy) is 1. The molecule has 1 N–H and O–H groups in total. The molecule has 1 fully saturated rings. The molecule has 0 spiro atoms. The van der Waals surface area contributed by atoms with Crippen molar-refractivity contribution in [1.29, 1.82) is 0 Å². The van der Waals surface area contributed by atoms with E-state index in [2.05, 4.69) is 42.8 Å². The van der Waals surface area contributed by atoms with E-state index < -0.39 is 0 Å². The summed E-state index contributed by atoms with van der Waals surface area (Å²) in [6.45, 7) is 3.29. The summed E-state index contributed by atoms with van der Waals surface area (Å²) in [5, 5.41) is 3.65. The SMILES string of the molecule is CCCNC(CCSC)c1cccc(OC2CC2)c1. The molecular formula is C16H25NOS. The normalized spacial score (nSPS) is 16.3. The molecule has 0 bridgehead atoms. The van der Waals surface area contributed by atoms with Gasteiger partial charge in [-0.3, -0.25) is 0 Å². The van der Waals surface area contributed by atoms with Crippen LogP contribution in [0.3, 0.4) is 0 Å². The van der Waals surface area contributed by atoms with Crippen LogP contribution in [0, 0.1) is 0 Å². The highest BCUT2D eigenvalue weighted by Crippen LogP contribution is 2.29. The van der Waals surface area contributed by atoms with Crippen LogP contribution in [0.5, 0.6) is 5.75 Å². The Balaban J connectivity index is 2.00. The lowest BCUT2D eigenvalue weighted by molar-refractivity contribution is 0.302. The van der Waals surface area contributed by atoms with Gasteiger partial charge in [0.1, 0.15) is 5.75 Å². The van der Waals surface area contributed by atoms with Gasteiger partial charge in [0, 0.05) is 6.04 Å². The first kappa shape index (κ1) is 14.7. The standard InChI is InChI=1S/C16H25NOS/c1-3-10-17-16(9-11-19-2)13-5-4-6-15(12-13)18-14-7-8-14/h4-6,12,14,16-17H,3,7-11H2,1-2H3. The molecule has 3 heteroatoms. The number of benzene rings is 1. The summed E-state index contributed by atoms with van der Waals surface area (Å²) < 4.78 is 5.89. The van der Waals surface area contributed by atoms with Crippen LogP contribution in [0.2, 0.25) is 0 Å². The highest BCUT2D eigenvalue weighted by molar-refractivity contribution is 7.98. The average Bonchev–Trinajstić information content (AvgIpc) is 3.23. The Hall–Kier alpha value is -0.670. The van der Waals surface area contributed by atoms with Gasteiger partial charge in [-0.25, -0.2) is 0 Å². The fraction of sp³-hybridized carbons (Fsp3) is 0.625. The minimum Gasteiger partial charge on any atom is -0.490 e. The molecule has 106 valence electrons. The lowest BCUT2D eigenvalue weighted by Gasteiger charge is -2.19. The van der Waals surface area contributed by atoms with Crippen molar-refractivity contribution in [2.75, 3.05) is 18.6 Å². The van der Waals surface area contributed by atoms with Gasteiger partial charge in [0.05, 0.1) is 6.10 Å². The predicted octanol–water partition coefficient (Wildman–Crippen LogP) is 4.02. The number of nitrogens with one attached hydrogen (secondary N) is 1. The van der Waals surface area contributed by atoms with Crippen molar-refractivity contribution in [3.63, 3.8) is 0 Å². The molecule has 1 aromatic rings. The first-order valence-corrected chi connectivity index (χ1v) is 8.71. The maximum atomic E-state index is 5.89. The second-order valence-electron chi connectivity index (χ2n) is 5.18. The molecule has 0 saturated heterocycles. The van der Waals surface area contributed by atoms with Crippen LogP contribution in [0.25, 0.3) is 0 Å². The van der Waals surface area contributed by atoms with Gasteiger partial charge in [0.2, 0.25) is 0 Å². The minimum atomic E-state index is 0.454. The summed E-state index contributed by atoms with van der Waals surface area (Å²) in [4.78, 5) is 0. The second-order valence-corrected chi connectivity index (χ2v) is 6.16. The van der Waals surface area contributed by atoms with Gasteiger partial charge in [-0.2, -0.15) is 11.8 Å². The van der Waals surface area contributed by atoms with E-state index in [0.717, 1.165) is 12.3 Å². The highest BCUT2D eigenvalue weighted by Gasteiger charge is 2.23. The van der Waals surface area contributed by atoms with Crippen molar-refractivity contribution in [2.45, 2.75) is 44.8 Å². The zero-order valence-electron chi connectivity index (χ0n) is 12.0. The molecule has 0 aliphatic heterocycles. The van der Waals surface area contributed by atoms with Crippen molar-refractivity contribution >= 4 is 11.8 Å². The van der Waals surface area contributed by atoms with Gasteiger partial charge in [-0.05, 0) is 61.9 Å². The largest absolute Gasteiger partial charge is 0.490 e. The smallest absolute Gasteiger partial charge is 0.120 e. The van der Waals surface area contributed by atoms with Crippen molar-refractivity contribution < 1.29 is 4.74 Å². The molecule has 0 radical (unpaired) electrons. The fourth-order valence-electron chi connectivity index (χ4n) is 2.12. The topological polar surface area (TPSA) is 21.3 Å². The van der Waals surface area contributed by atoms with Crippen LogP contribution in [0.4, 0.5) is 0 Å². The first-order valence-electron chi connectivity index (χ1n) is 7.32. The Kier molecular flexibility index (Phi) is 6.05. The lowest BCUT2D eigenvalue weighted by atomic mass is 10.0. The van der Waals surface area contributed by atoms with Gasteiger partial charge in [-0.1, -0.05) is 19.1 Å². The Morgan fingerprint density at radius 2 is 2.26 bits per heavy atom. The quantitative estimate of drug-likeness (QED) is 0.737. The maximum Gasteiger partial charge on any atom is 0.120 e. The average molecular weight is 279 g/mol. The number of thioether (sulfide) groups is 1. The summed E-state index contributed by atoms with van der Waals surface area (Å²) in [7, 11) is 0. The third-order valence-electron chi connectivity index (χ3n) is 3.34. The minimum absolute atomic E-state index is 0.454. The van der Waals surface area contributed by atoms with E-state index in [-0.39, 0.29) is 0 Å². The molecule has 1 aliphatic carbocycles. The second kappa shape index (κ2) is 7.81. The van der Waals surface area contributed by atoms with Crippen LogP contribution in [-0.2, 0) is 0 Å². The van der Waals surface area contributed by atoms with Crippen LogP contribution in [0.15, 0.2) is 24.3 Å². The Labute approximate surface area is 121 Å². The summed E-state index contributed by atoms with van der Waals surface area (Å²) in [5.74, 6) is 2.22. The zero-order valence-corrected chi connectivity index (χ0v) is 12.8. The molecule has 1 atom stereocenters. The molecule has 1 aliphatic rings. The molecule has 2 rings (SSSR count). The van der Waals surface area contributed by atoms with Gasteiger partial charge in [-0.15, -0.1) is 0 Å². The number of hydrogen-bond donors (Lipinski definition) is 1. The first-order chi connectivity index (χ1) is 9.33. The van der Waals surface area contributed by atoms with Crippen LogP contribution >= 0.6 is 11.8 Å². The van der Waals surface area contributed by atoms with E-state index in [9.17, 15) is 0 Å². The van der Waals surface area contributed by atoms with E-state index in [0.29, 0.717) is 12.1 Å². The Bertz CT molecular complexity index is 371. The molecule has 0 aromatic heterocycles. The highest BCUT2D eigenvalue weighted by atomic mass is 32.2. The monoisotopic (exact) mass is 279 g/mol. The summed E-state index contributed by atoms with van der Waals surface area (Å²) >= 11 is 1.91. The predicted molar refractivity (Wildman–Crippen MR) is 84.1 cm³/mol. The van der Waals surface area contributed by atoms with Crippen molar-refractivity contribution in [1.82, 2.24) is 5.32 Å². The fourth-order valence-corrected chi connectivity index (χ4v) is 2.60. The van der Waals surface area contributed by atoms with Crippen molar-refractivity contribution in [2.24, 2.45) is 0 Å². The maximum absolute atomic E-state index is 5.89. The Morgan fingerprint density at radius 3 is 2.95 bits per heavy atom. The van der Waals surface area contributed by atoms with Crippen molar-refractivity contribution in [3.8, 4) is 5.75 Å². The lowest BCUT2D eigenvalue weighted by Crippen LogP contribution is -2.22. The third kappa shape index (κ3) is 5.07. The molecule has 1 aromatic carbocycles. The molecule has 0 heterocycles. The number of hydrogen-bond acceptors (Lipinski definition) is 3. The van der Waals surface area contributed by atoms with Gasteiger partial charge in [0.15, 0.2) is 0 Å². The van der Waals surface area contributed by atoms with Crippen LogP contribution < -0.4 is 10.1 Å². The summed E-state index contributed by atoms with van der Waals surface area (Å²) in [5.41, 5.74) is 1.36. The molecule has 2 nitrogen and oxygen atoms in total. The molecule has 1 unspecified atom stereocenters. The van der Waals surface area contributed by atoms with E-state index in [1.807, 2.05) is 11.8 Å². The zero-order chi connectivity index (χ0) is 13.5. The van der Waals surface area contributed by atoms with Gasteiger partial charge in [0.25, 0.3) is 0 Å².